The fourth-order valence-corrected chi connectivity index (χ4v) is 3.00. The first-order valence-corrected chi connectivity index (χ1v) is 7.95. The summed E-state index contributed by atoms with van der Waals surface area (Å²) in [7, 11) is 0. The minimum absolute atomic E-state index is 0.00645. The molecule has 1 N–H and O–H groups in total. The number of ketones is 1. The maximum atomic E-state index is 12.4. The van der Waals surface area contributed by atoms with E-state index in [1.807, 2.05) is 6.92 Å². The highest BCUT2D eigenvalue weighted by Crippen LogP contribution is 2.15. The second kappa shape index (κ2) is 7.70. The van der Waals surface area contributed by atoms with Gasteiger partial charge in [0.15, 0.2) is 5.78 Å². The first kappa shape index (κ1) is 17.6. The standard InChI is InChI=1S/C16H25N3O4/c1-11-16(13(3)21)12(2)19(17-11)5-4-15(22)18-6-7-23-10-14(8-18)9-20/h14,20H,4-10H2,1-3H3/t14-/m1/s1. The number of Topliss-reactive ketones (excluding diaryl/α,β-unsaturated/α-hetero) is 1. The molecule has 1 amide bonds. The van der Waals surface area contributed by atoms with Crippen LogP contribution < -0.4 is 0 Å². The lowest BCUT2D eigenvalue weighted by Gasteiger charge is -2.22. The smallest absolute Gasteiger partial charge is 0.224 e. The van der Waals surface area contributed by atoms with Crippen LogP contribution in [0.3, 0.4) is 0 Å². The summed E-state index contributed by atoms with van der Waals surface area (Å²) >= 11 is 0. The largest absolute Gasteiger partial charge is 0.396 e. The van der Waals surface area contributed by atoms with Gasteiger partial charge in [0.2, 0.25) is 5.91 Å². The average molecular weight is 323 g/mol. The van der Waals surface area contributed by atoms with Gasteiger partial charge < -0.3 is 14.7 Å². The molecule has 1 aliphatic heterocycles. The molecule has 1 saturated heterocycles. The van der Waals surface area contributed by atoms with Gasteiger partial charge in [0, 0.05) is 44.3 Å². The van der Waals surface area contributed by atoms with Gasteiger partial charge in [-0.1, -0.05) is 0 Å². The van der Waals surface area contributed by atoms with Gasteiger partial charge in [0.05, 0.1) is 24.5 Å². The van der Waals surface area contributed by atoms with E-state index in [0.717, 1.165) is 5.69 Å². The third kappa shape index (κ3) is 4.17. The summed E-state index contributed by atoms with van der Waals surface area (Å²) in [5.41, 5.74) is 2.14. The maximum absolute atomic E-state index is 12.4. The lowest BCUT2D eigenvalue weighted by molar-refractivity contribution is -0.132. The Morgan fingerprint density at radius 1 is 1.39 bits per heavy atom. The highest BCUT2D eigenvalue weighted by molar-refractivity contribution is 5.96. The number of hydrogen-bond acceptors (Lipinski definition) is 5. The second-order valence-corrected chi connectivity index (χ2v) is 6.04. The zero-order valence-electron chi connectivity index (χ0n) is 14.0. The number of nitrogens with zero attached hydrogens (tertiary/aromatic N) is 3. The van der Waals surface area contributed by atoms with Crippen molar-refractivity contribution in [2.45, 2.75) is 33.7 Å². The van der Waals surface area contributed by atoms with Crippen LogP contribution in [-0.4, -0.2) is 64.4 Å². The van der Waals surface area contributed by atoms with Crippen LogP contribution in [0.15, 0.2) is 0 Å². The van der Waals surface area contributed by atoms with E-state index < -0.39 is 0 Å². The SMILES string of the molecule is CC(=O)c1c(C)nn(CCC(=O)N2CCOC[C@@H](CO)C2)c1C. The molecule has 1 aromatic heterocycles. The van der Waals surface area contributed by atoms with Crippen LogP contribution in [0.5, 0.6) is 0 Å². The summed E-state index contributed by atoms with van der Waals surface area (Å²) in [6.07, 6.45) is 0.317. The number of aromatic nitrogens is 2. The molecule has 7 heteroatoms. The molecule has 1 aliphatic rings. The summed E-state index contributed by atoms with van der Waals surface area (Å²) < 4.78 is 7.12. The fraction of sp³-hybridized carbons (Fsp3) is 0.688. The molecule has 1 fully saturated rings. The number of aliphatic hydroxyl groups is 1. The van der Waals surface area contributed by atoms with Crippen LogP contribution in [0.2, 0.25) is 0 Å². The Morgan fingerprint density at radius 3 is 2.74 bits per heavy atom. The van der Waals surface area contributed by atoms with Crippen LogP contribution in [0.25, 0.3) is 0 Å². The Morgan fingerprint density at radius 2 is 2.13 bits per heavy atom. The van der Waals surface area contributed by atoms with E-state index in [1.54, 1.807) is 16.5 Å². The van der Waals surface area contributed by atoms with E-state index in [4.69, 9.17) is 4.74 Å². The quantitative estimate of drug-likeness (QED) is 0.800. The molecular weight excluding hydrogens is 298 g/mol. The number of aliphatic hydroxyl groups excluding tert-OH is 1. The number of rotatable bonds is 5. The zero-order chi connectivity index (χ0) is 17.0. The first-order chi connectivity index (χ1) is 10.9. The van der Waals surface area contributed by atoms with Crippen LogP contribution in [0.1, 0.15) is 35.1 Å². The number of amides is 1. The molecule has 7 nitrogen and oxygen atoms in total. The highest BCUT2D eigenvalue weighted by Gasteiger charge is 2.22. The topological polar surface area (TPSA) is 84.7 Å². The van der Waals surface area contributed by atoms with Crippen molar-refractivity contribution in [3.8, 4) is 0 Å². The van der Waals surface area contributed by atoms with Crippen molar-refractivity contribution in [2.24, 2.45) is 5.92 Å². The van der Waals surface area contributed by atoms with E-state index in [9.17, 15) is 14.7 Å². The van der Waals surface area contributed by atoms with Gasteiger partial charge in [0.25, 0.3) is 0 Å². The molecule has 0 radical (unpaired) electrons. The lowest BCUT2D eigenvalue weighted by Crippen LogP contribution is -2.37. The van der Waals surface area contributed by atoms with E-state index >= 15 is 0 Å². The number of carbonyl (C=O) groups excluding carboxylic acids is 2. The van der Waals surface area contributed by atoms with Crippen molar-refractivity contribution in [3.63, 3.8) is 0 Å². The van der Waals surface area contributed by atoms with Gasteiger partial charge in [-0.2, -0.15) is 5.10 Å². The lowest BCUT2D eigenvalue weighted by atomic mass is 10.1. The van der Waals surface area contributed by atoms with Gasteiger partial charge in [-0.3, -0.25) is 14.3 Å². The highest BCUT2D eigenvalue weighted by atomic mass is 16.5. The third-order valence-corrected chi connectivity index (χ3v) is 4.22. The van der Waals surface area contributed by atoms with Crippen molar-refractivity contribution < 1.29 is 19.4 Å². The number of ether oxygens (including phenoxy) is 1. The van der Waals surface area contributed by atoms with E-state index in [1.165, 1.54) is 6.92 Å². The van der Waals surface area contributed by atoms with E-state index in [2.05, 4.69) is 5.10 Å². The predicted molar refractivity (Wildman–Crippen MR) is 84.3 cm³/mol. The molecule has 0 bridgehead atoms. The van der Waals surface area contributed by atoms with Gasteiger partial charge >= 0.3 is 0 Å². The Bertz CT molecular complexity index is 582. The minimum Gasteiger partial charge on any atom is -0.396 e. The first-order valence-electron chi connectivity index (χ1n) is 7.95. The van der Waals surface area contributed by atoms with Gasteiger partial charge in [-0.15, -0.1) is 0 Å². The Kier molecular flexibility index (Phi) is 5.90. The molecule has 2 rings (SSSR count). The molecule has 0 spiro atoms. The molecule has 1 atom stereocenters. The summed E-state index contributed by atoms with van der Waals surface area (Å²) in [6, 6.07) is 0. The summed E-state index contributed by atoms with van der Waals surface area (Å²) in [5, 5.41) is 13.6. The van der Waals surface area contributed by atoms with Crippen LogP contribution in [0.4, 0.5) is 0 Å². The normalized spacial score (nSPS) is 18.8. The molecule has 23 heavy (non-hydrogen) atoms. The van der Waals surface area contributed by atoms with Crippen molar-refractivity contribution in [1.29, 1.82) is 0 Å². The molecular formula is C16H25N3O4. The number of carbonyl (C=O) groups is 2. The van der Waals surface area contributed by atoms with Crippen molar-refractivity contribution in [2.75, 3.05) is 32.9 Å². The van der Waals surface area contributed by atoms with Crippen LogP contribution >= 0.6 is 0 Å². The summed E-state index contributed by atoms with van der Waals surface area (Å²) in [5.74, 6) is -0.0154. The van der Waals surface area contributed by atoms with Crippen molar-refractivity contribution >= 4 is 11.7 Å². The third-order valence-electron chi connectivity index (χ3n) is 4.22. The fourth-order valence-electron chi connectivity index (χ4n) is 3.00. The second-order valence-electron chi connectivity index (χ2n) is 6.04. The molecule has 1 aromatic rings. The monoisotopic (exact) mass is 323 g/mol. The van der Waals surface area contributed by atoms with Crippen molar-refractivity contribution in [3.05, 3.63) is 17.0 Å². The van der Waals surface area contributed by atoms with Crippen molar-refractivity contribution in [1.82, 2.24) is 14.7 Å². The number of aryl methyl sites for hydroxylation is 2. The molecule has 0 saturated carbocycles. The average Bonchev–Trinajstić information content (AvgIpc) is 2.69. The predicted octanol–water partition coefficient (Wildman–Crippen LogP) is 0.560. The van der Waals surface area contributed by atoms with E-state index in [0.29, 0.717) is 50.5 Å². The van der Waals surface area contributed by atoms with Crippen LogP contribution in [-0.2, 0) is 16.1 Å². The molecule has 2 heterocycles. The zero-order valence-corrected chi connectivity index (χ0v) is 14.0. The maximum Gasteiger partial charge on any atom is 0.224 e. The Hall–Kier alpha value is -1.73. The van der Waals surface area contributed by atoms with Gasteiger partial charge in [0.1, 0.15) is 0 Å². The summed E-state index contributed by atoms with van der Waals surface area (Å²) in [6.45, 7) is 7.69. The van der Waals surface area contributed by atoms with E-state index in [-0.39, 0.29) is 24.2 Å². The van der Waals surface area contributed by atoms with Crippen LogP contribution in [0, 0.1) is 19.8 Å². The minimum atomic E-state index is -0.0283. The number of hydrogen-bond donors (Lipinski definition) is 1. The molecule has 0 aliphatic carbocycles. The Balaban J connectivity index is 1.99. The molecule has 0 aromatic carbocycles. The summed E-state index contributed by atoms with van der Waals surface area (Å²) in [4.78, 5) is 25.8. The van der Waals surface area contributed by atoms with Gasteiger partial charge in [-0.05, 0) is 20.8 Å². The van der Waals surface area contributed by atoms with Gasteiger partial charge in [-0.25, -0.2) is 0 Å². The Labute approximate surface area is 136 Å². The molecule has 0 unspecified atom stereocenters. The molecule has 128 valence electrons.